The molecule has 0 radical (unpaired) electrons. The average Bonchev–Trinajstić information content (AvgIpc) is 0.930. The molecule has 1 fully saturated rings. The molecule has 37 heteroatoms. The Hall–Kier alpha value is -10.8. The fraction of sp³-hybridized carbons (Fsp3) is 0.534. The number of carbonyl (C=O) groups excluding carboxylic acids is 13. The molecule has 13 amide bonds. The monoisotopic (exact) mass is 1560 g/mol. The van der Waals surface area contributed by atoms with Crippen molar-refractivity contribution in [2.45, 2.75) is 203 Å². The van der Waals surface area contributed by atoms with Gasteiger partial charge in [0.25, 0.3) is 0 Å². The average molecular weight is 1560 g/mol. The van der Waals surface area contributed by atoms with E-state index in [0.29, 0.717) is 42.5 Å². The lowest BCUT2D eigenvalue weighted by atomic mass is 10.00. The molecule has 1 heterocycles. The van der Waals surface area contributed by atoms with Gasteiger partial charge in [0.05, 0.1) is 25.1 Å². The van der Waals surface area contributed by atoms with E-state index in [0.717, 1.165) is 0 Å². The Morgan fingerprint density at radius 3 is 1.36 bits per heavy atom. The molecule has 0 aromatic heterocycles. The van der Waals surface area contributed by atoms with Crippen LogP contribution in [0.1, 0.15) is 122 Å². The number of hydrogen-bond acceptors (Lipinski definition) is 21. The lowest BCUT2D eigenvalue weighted by Gasteiger charge is -2.30. The van der Waals surface area contributed by atoms with Crippen LogP contribution in [0.3, 0.4) is 0 Å². The lowest BCUT2D eigenvalue weighted by molar-refractivity contribution is -0.143. The smallest absolute Gasteiger partial charge is 0.326 e. The summed E-state index contributed by atoms with van der Waals surface area (Å²) in [7, 11) is 0. The number of carbonyl (C=O) groups is 16. The van der Waals surface area contributed by atoms with Gasteiger partial charge in [-0.25, -0.2) is 4.79 Å². The number of primary amides is 1. The number of phenols is 1. The topological polar surface area (TPSA) is 583 Å². The highest BCUT2D eigenvalue weighted by Crippen LogP contribution is 2.17. The van der Waals surface area contributed by atoms with Crippen molar-refractivity contribution < 1.29 is 102 Å². The normalized spacial score (nSPS) is 15.7. The zero-order valence-electron chi connectivity index (χ0n) is 62.3. The number of aliphatic carboxylic acids is 3. The number of carboxylic acid groups (broad SMARTS) is 3. The zero-order chi connectivity index (χ0) is 81.7. The summed E-state index contributed by atoms with van der Waals surface area (Å²) < 4.78 is 0. The van der Waals surface area contributed by atoms with Gasteiger partial charge in [-0.05, 0) is 124 Å². The maximum Gasteiger partial charge on any atom is 0.326 e. The van der Waals surface area contributed by atoms with Crippen LogP contribution in [0.4, 0.5) is 0 Å². The minimum absolute atomic E-state index is 0.0376. The SMILES string of the molecule is CSCC[C@H](NC(=O)[C@@H](NC(=O)CNC(=O)[C@H](CCC(=O)O)NC(=O)[C@H](CC(=O)O)NC(=O)[C@@H]1CCCN1)C(C)C)C(=O)N[C@H](C(=O)N[C@H](C(=O)N[C@@H](CCCCN)C(=O)N[C@@H](Cc1ccccc1)C(=O)N[C@@H](Cc1ccc(O)cc1)C(=O)N[C@@H](Cc1ccccc1)C(=O)N[C@@H](CCC(N)=O)C(=O)O)[C@@H](C)O)C(C)C. The number of amides is 13. The molecule has 0 saturated carbocycles. The van der Waals surface area contributed by atoms with Crippen molar-refractivity contribution in [2.75, 3.05) is 31.6 Å². The van der Waals surface area contributed by atoms with Crippen molar-refractivity contribution in [3.8, 4) is 5.75 Å². The molecule has 3 aromatic carbocycles. The molecular weight excluding hydrogens is 1450 g/mol. The molecule has 3 aromatic rings. The first kappa shape index (κ1) is 91.6. The molecule has 4 rings (SSSR count). The van der Waals surface area contributed by atoms with Crippen molar-refractivity contribution in [2.24, 2.45) is 23.3 Å². The van der Waals surface area contributed by atoms with Gasteiger partial charge in [-0.15, -0.1) is 0 Å². The molecule has 0 aliphatic carbocycles. The molecule has 604 valence electrons. The van der Waals surface area contributed by atoms with Crippen LogP contribution >= 0.6 is 11.8 Å². The number of thioether (sulfide) groups is 1. The summed E-state index contributed by atoms with van der Waals surface area (Å²) in [6.45, 7) is 7.19. The van der Waals surface area contributed by atoms with Crippen LogP contribution in [0.2, 0.25) is 0 Å². The number of unbranched alkanes of at least 4 members (excludes halogenated alkanes) is 1. The summed E-state index contributed by atoms with van der Waals surface area (Å²) in [6.07, 6.45) is -2.09. The number of aliphatic hydroxyl groups excluding tert-OH is 1. The van der Waals surface area contributed by atoms with Crippen molar-refractivity contribution in [1.29, 1.82) is 0 Å². The second-order valence-electron chi connectivity index (χ2n) is 27.3. The van der Waals surface area contributed by atoms with Crippen LogP contribution < -0.4 is 80.6 Å². The van der Waals surface area contributed by atoms with Crippen molar-refractivity contribution >= 4 is 106 Å². The third-order valence-electron chi connectivity index (χ3n) is 17.6. The number of aromatic hydroxyl groups is 1. The standard InChI is InChI=1S/C73H105N15O21S/c1-39(2)59(86-56(92)38-77-62(97)48(27-29-57(93)94)78-69(104)54(37-58(95)96)85-63(98)46-21-15-32-76-46)70(105)80-49(30-33-110-6)65(100)87-60(40(3)4)71(106)88-61(41(5)89)72(107)79-47(20-13-14-31-74)64(99)82-52(35-43-18-11-8-12-19-43)67(102)84-53(36-44-22-24-45(90)25-23-44)68(103)83-51(34-42-16-9-7-10-17-42)66(101)81-50(73(108)109)26-28-55(75)91/h7-12,16-19,22-25,39-41,46-54,59-61,76,89-90H,13-15,20-21,26-38,74H2,1-6H3,(H2,75,91)(H,77,97)(H,78,104)(H,79,107)(H,80,105)(H,81,101)(H,82,99)(H,83,103)(H,84,102)(H,85,98)(H,86,92)(H,87,100)(H,88,106)(H,93,94)(H,95,96)(H,108,109)/t41-,46+,47+,48+,49+,50+,51+,52+,53+,54+,59+,60+,61+/m1/s1. The molecular formula is C73H105N15O21S. The fourth-order valence-electron chi connectivity index (χ4n) is 11.5. The van der Waals surface area contributed by atoms with E-state index in [1.165, 1.54) is 43.0 Å². The summed E-state index contributed by atoms with van der Waals surface area (Å²) in [5.74, 6) is -18.0. The van der Waals surface area contributed by atoms with E-state index in [9.17, 15) is 102 Å². The first-order valence-electron chi connectivity index (χ1n) is 36.1. The van der Waals surface area contributed by atoms with Crippen LogP contribution in [0.5, 0.6) is 5.75 Å². The third kappa shape index (κ3) is 32.6. The molecule has 36 nitrogen and oxygen atoms in total. The van der Waals surface area contributed by atoms with E-state index in [2.05, 4.69) is 69.1 Å². The molecule has 0 unspecified atom stereocenters. The largest absolute Gasteiger partial charge is 0.508 e. The molecule has 1 aliphatic heterocycles. The first-order valence-corrected chi connectivity index (χ1v) is 37.5. The maximum atomic E-state index is 14.9. The molecule has 1 saturated heterocycles. The Morgan fingerprint density at radius 2 is 0.900 bits per heavy atom. The number of nitrogens with two attached hydrogens (primary N) is 2. The van der Waals surface area contributed by atoms with Gasteiger partial charge in [0.15, 0.2) is 0 Å². The van der Waals surface area contributed by atoms with Crippen LogP contribution in [0.25, 0.3) is 0 Å². The van der Waals surface area contributed by atoms with E-state index in [4.69, 9.17) is 11.5 Å². The van der Waals surface area contributed by atoms with E-state index in [-0.39, 0.29) is 63.0 Å². The van der Waals surface area contributed by atoms with Gasteiger partial charge in [-0.1, -0.05) is 100 Å². The highest BCUT2D eigenvalue weighted by Gasteiger charge is 2.39. The highest BCUT2D eigenvalue weighted by atomic mass is 32.2. The van der Waals surface area contributed by atoms with Crippen molar-refractivity contribution in [3.63, 3.8) is 0 Å². The van der Waals surface area contributed by atoms with Gasteiger partial charge in [-0.2, -0.15) is 11.8 Å². The Bertz CT molecular complexity index is 3630. The molecule has 1 aliphatic rings. The summed E-state index contributed by atoms with van der Waals surface area (Å²) in [5.41, 5.74) is 12.6. The van der Waals surface area contributed by atoms with E-state index < -0.39 is 217 Å². The van der Waals surface area contributed by atoms with Gasteiger partial charge >= 0.3 is 17.9 Å². The number of hydrogen-bond donors (Lipinski definition) is 20. The number of phenolic OH excluding ortho intramolecular Hbond substituents is 1. The summed E-state index contributed by atoms with van der Waals surface area (Å²) in [6, 6.07) is 4.44. The predicted octanol–water partition coefficient (Wildman–Crippen LogP) is -3.11. The fourth-order valence-corrected chi connectivity index (χ4v) is 11.9. The second kappa shape index (κ2) is 47.2. The molecule has 0 spiro atoms. The predicted molar refractivity (Wildman–Crippen MR) is 400 cm³/mol. The van der Waals surface area contributed by atoms with Crippen molar-refractivity contribution in [3.05, 3.63) is 102 Å². The summed E-state index contributed by atoms with van der Waals surface area (Å²) in [4.78, 5) is 216. The molecule has 110 heavy (non-hydrogen) atoms. The highest BCUT2D eigenvalue weighted by molar-refractivity contribution is 7.98. The summed E-state index contributed by atoms with van der Waals surface area (Å²) in [5, 5.41) is 83.1. The van der Waals surface area contributed by atoms with Gasteiger partial charge in [0, 0.05) is 32.1 Å². The van der Waals surface area contributed by atoms with Gasteiger partial charge < -0.3 is 106 Å². The van der Waals surface area contributed by atoms with E-state index in [1.807, 2.05) is 0 Å². The minimum atomic E-state index is -1.83. The van der Waals surface area contributed by atoms with E-state index in [1.54, 1.807) is 94.6 Å². The Balaban J connectivity index is 1.55. The number of carboxylic acids is 3. The number of rotatable bonds is 49. The van der Waals surface area contributed by atoms with Crippen LogP contribution in [0, 0.1) is 11.8 Å². The quantitative estimate of drug-likeness (QED) is 0.0249. The van der Waals surface area contributed by atoms with Crippen LogP contribution in [0.15, 0.2) is 84.9 Å². The summed E-state index contributed by atoms with van der Waals surface area (Å²) >= 11 is 1.30. The second-order valence-corrected chi connectivity index (χ2v) is 28.3. The van der Waals surface area contributed by atoms with Gasteiger partial charge in [0.1, 0.15) is 72.2 Å². The minimum Gasteiger partial charge on any atom is -0.508 e. The third-order valence-corrected chi connectivity index (χ3v) is 18.3. The Labute approximate surface area is 640 Å². The number of benzene rings is 3. The molecule has 22 N–H and O–H groups in total. The van der Waals surface area contributed by atoms with Gasteiger partial charge in [0.2, 0.25) is 76.8 Å². The van der Waals surface area contributed by atoms with E-state index >= 15 is 0 Å². The lowest BCUT2D eigenvalue weighted by Crippen LogP contribution is -2.63. The van der Waals surface area contributed by atoms with Crippen LogP contribution in [-0.2, 0) is 96.0 Å². The van der Waals surface area contributed by atoms with Gasteiger partial charge in [-0.3, -0.25) is 71.9 Å². The number of nitrogens with one attached hydrogen (secondary N) is 13. The first-order chi connectivity index (χ1) is 52.1. The number of aliphatic hydroxyl groups is 1. The van der Waals surface area contributed by atoms with Crippen LogP contribution in [-0.4, -0.2) is 230 Å². The Kier molecular flexibility index (Phi) is 39.3. The molecule has 13 atom stereocenters. The zero-order valence-corrected chi connectivity index (χ0v) is 63.1. The molecule has 0 bridgehead atoms. The maximum absolute atomic E-state index is 14.9. The van der Waals surface area contributed by atoms with Crippen molar-refractivity contribution in [1.82, 2.24) is 69.1 Å². The Morgan fingerprint density at radius 1 is 0.473 bits per heavy atom.